The first-order valence-electron chi connectivity index (χ1n) is 5.61. The number of rotatable bonds is 2. The third-order valence-electron chi connectivity index (χ3n) is 2.72. The first-order valence-corrected chi connectivity index (χ1v) is 5.61. The summed E-state index contributed by atoms with van der Waals surface area (Å²) in [4.78, 5) is 11.9. The van der Waals surface area contributed by atoms with Crippen LogP contribution in [0.25, 0.3) is 22.4 Å². The van der Waals surface area contributed by atoms with Gasteiger partial charge in [0.15, 0.2) is 0 Å². The normalized spacial score (nSPS) is 10.8. The molecule has 2 heterocycles. The Morgan fingerprint density at radius 2 is 1.95 bits per heavy atom. The molecule has 0 amide bonds. The van der Waals surface area contributed by atoms with E-state index in [2.05, 4.69) is 10.2 Å². The summed E-state index contributed by atoms with van der Waals surface area (Å²) in [5, 5.41) is 8.39. The van der Waals surface area contributed by atoms with E-state index < -0.39 is 5.63 Å². The van der Waals surface area contributed by atoms with E-state index in [1.165, 1.54) is 7.11 Å². The van der Waals surface area contributed by atoms with Crippen molar-refractivity contribution in [2.75, 3.05) is 7.11 Å². The molecule has 0 aliphatic rings. The van der Waals surface area contributed by atoms with Crippen molar-refractivity contribution in [3.63, 3.8) is 0 Å². The van der Waals surface area contributed by atoms with Gasteiger partial charge in [-0.15, -0.1) is 10.2 Å². The molecule has 3 rings (SSSR count). The number of benzene rings is 1. The number of hydrogen-bond acceptors (Lipinski definition) is 6. The van der Waals surface area contributed by atoms with E-state index in [1.54, 1.807) is 25.1 Å². The average Bonchev–Trinajstić information content (AvgIpc) is 2.83. The fraction of sp³-hybridized carbons (Fsp3) is 0.154. The van der Waals surface area contributed by atoms with Gasteiger partial charge in [-0.1, -0.05) is 18.2 Å². The Morgan fingerprint density at radius 1 is 1.16 bits per heavy atom. The van der Waals surface area contributed by atoms with Crippen molar-refractivity contribution in [1.82, 2.24) is 10.2 Å². The average molecular weight is 258 g/mol. The quantitative estimate of drug-likeness (QED) is 0.655. The minimum atomic E-state index is -0.577. The SMILES string of the molecule is COc1c(-c2nnc(C)o2)c2ccccc2oc1=O. The van der Waals surface area contributed by atoms with Crippen molar-refractivity contribution in [2.45, 2.75) is 6.92 Å². The molecule has 0 spiro atoms. The summed E-state index contributed by atoms with van der Waals surface area (Å²) < 4.78 is 15.7. The van der Waals surface area contributed by atoms with Gasteiger partial charge in [0, 0.05) is 12.3 Å². The summed E-state index contributed by atoms with van der Waals surface area (Å²) in [6.07, 6.45) is 0. The van der Waals surface area contributed by atoms with E-state index >= 15 is 0 Å². The van der Waals surface area contributed by atoms with Crippen molar-refractivity contribution >= 4 is 11.0 Å². The first-order chi connectivity index (χ1) is 9.20. The van der Waals surface area contributed by atoms with Crippen molar-refractivity contribution < 1.29 is 13.6 Å². The van der Waals surface area contributed by atoms with Gasteiger partial charge in [0.25, 0.3) is 5.89 Å². The lowest BCUT2D eigenvalue weighted by Gasteiger charge is -2.06. The zero-order chi connectivity index (χ0) is 13.4. The molecule has 0 radical (unpaired) electrons. The highest BCUT2D eigenvalue weighted by molar-refractivity contribution is 5.93. The number of ether oxygens (including phenoxy) is 1. The number of aryl methyl sites for hydroxylation is 1. The maximum Gasteiger partial charge on any atom is 0.379 e. The van der Waals surface area contributed by atoms with Crippen molar-refractivity contribution in [3.05, 3.63) is 40.6 Å². The lowest BCUT2D eigenvalue weighted by molar-refractivity contribution is 0.385. The van der Waals surface area contributed by atoms with Crippen molar-refractivity contribution in [3.8, 4) is 17.2 Å². The number of methoxy groups -OCH3 is 1. The van der Waals surface area contributed by atoms with Gasteiger partial charge in [0.05, 0.1) is 12.7 Å². The molecule has 0 saturated carbocycles. The van der Waals surface area contributed by atoms with Crippen LogP contribution in [0, 0.1) is 6.92 Å². The number of nitrogens with zero attached hydrogens (tertiary/aromatic N) is 2. The van der Waals surface area contributed by atoms with E-state index in [9.17, 15) is 4.79 Å². The van der Waals surface area contributed by atoms with Gasteiger partial charge in [-0.05, 0) is 6.07 Å². The third kappa shape index (κ3) is 1.77. The number of para-hydroxylation sites is 1. The molecule has 2 aromatic heterocycles. The summed E-state index contributed by atoms with van der Waals surface area (Å²) >= 11 is 0. The van der Waals surface area contributed by atoms with Crippen LogP contribution in [0.5, 0.6) is 5.75 Å². The number of hydrogen-bond donors (Lipinski definition) is 0. The molecule has 96 valence electrons. The lowest BCUT2D eigenvalue weighted by Crippen LogP contribution is -2.06. The zero-order valence-electron chi connectivity index (χ0n) is 10.3. The van der Waals surface area contributed by atoms with Gasteiger partial charge in [-0.3, -0.25) is 0 Å². The van der Waals surface area contributed by atoms with Crippen molar-refractivity contribution in [1.29, 1.82) is 0 Å². The second-order valence-corrected chi connectivity index (χ2v) is 3.92. The van der Waals surface area contributed by atoms with Crippen LogP contribution in [0.2, 0.25) is 0 Å². The second kappa shape index (κ2) is 4.24. The molecule has 0 aliphatic carbocycles. The summed E-state index contributed by atoms with van der Waals surface area (Å²) in [5.74, 6) is 0.704. The van der Waals surface area contributed by atoms with Crippen LogP contribution >= 0.6 is 0 Å². The molecule has 19 heavy (non-hydrogen) atoms. The van der Waals surface area contributed by atoms with Gasteiger partial charge in [-0.2, -0.15) is 0 Å². The molecule has 6 nitrogen and oxygen atoms in total. The molecule has 6 heteroatoms. The summed E-state index contributed by atoms with van der Waals surface area (Å²) in [6.45, 7) is 1.68. The zero-order valence-corrected chi connectivity index (χ0v) is 10.3. The largest absolute Gasteiger partial charge is 0.489 e. The molecule has 0 saturated heterocycles. The lowest BCUT2D eigenvalue weighted by atomic mass is 10.1. The van der Waals surface area contributed by atoms with Gasteiger partial charge >= 0.3 is 5.63 Å². The van der Waals surface area contributed by atoms with Crippen LogP contribution in [-0.4, -0.2) is 17.3 Å². The Balaban J connectivity index is 2.46. The Kier molecular flexibility index (Phi) is 2.56. The highest BCUT2D eigenvalue weighted by atomic mass is 16.5. The van der Waals surface area contributed by atoms with Crippen LogP contribution in [0.15, 0.2) is 37.9 Å². The predicted octanol–water partition coefficient (Wildman–Crippen LogP) is 2.16. The van der Waals surface area contributed by atoms with Gasteiger partial charge in [0.2, 0.25) is 11.6 Å². The van der Waals surface area contributed by atoms with E-state index in [0.29, 0.717) is 22.4 Å². The predicted molar refractivity (Wildman–Crippen MR) is 67.1 cm³/mol. The monoisotopic (exact) mass is 258 g/mol. The summed E-state index contributed by atoms with van der Waals surface area (Å²) in [5.41, 5.74) is 0.321. The summed E-state index contributed by atoms with van der Waals surface area (Å²) in [6, 6.07) is 7.10. The van der Waals surface area contributed by atoms with E-state index in [1.807, 2.05) is 6.07 Å². The summed E-state index contributed by atoms with van der Waals surface area (Å²) in [7, 11) is 1.40. The van der Waals surface area contributed by atoms with E-state index in [0.717, 1.165) is 0 Å². The van der Waals surface area contributed by atoms with Gasteiger partial charge < -0.3 is 13.6 Å². The molecule has 1 aromatic carbocycles. The Labute approximate surface area is 107 Å². The number of fused-ring (bicyclic) bond motifs is 1. The second-order valence-electron chi connectivity index (χ2n) is 3.92. The highest BCUT2D eigenvalue weighted by Crippen LogP contribution is 2.33. The van der Waals surface area contributed by atoms with E-state index in [4.69, 9.17) is 13.6 Å². The molecule has 0 atom stereocenters. The van der Waals surface area contributed by atoms with Crippen LogP contribution < -0.4 is 10.4 Å². The molecule has 0 N–H and O–H groups in total. The molecule has 0 aliphatic heterocycles. The van der Waals surface area contributed by atoms with Crippen LogP contribution in [0.3, 0.4) is 0 Å². The Bertz CT molecular complexity index is 804. The van der Waals surface area contributed by atoms with Gasteiger partial charge in [0.1, 0.15) is 5.58 Å². The third-order valence-corrected chi connectivity index (χ3v) is 2.72. The fourth-order valence-corrected chi connectivity index (χ4v) is 1.93. The topological polar surface area (TPSA) is 78.4 Å². The molecular weight excluding hydrogens is 248 g/mol. The van der Waals surface area contributed by atoms with Crippen molar-refractivity contribution in [2.24, 2.45) is 0 Å². The fourth-order valence-electron chi connectivity index (χ4n) is 1.93. The van der Waals surface area contributed by atoms with E-state index in [-0.39, 0.29) is 11.6 Å². The first kappa shape index (κ1) is 11.5. The molecule has 3 aromatic rings. The molecule has 0 fully saturated rings. The highest BCUT2D eigenvalue weighted by Gasteiger charge is 2.21. The maximum absolute atomic E-state index is 11.9. The molecule has 0 unspecified atom stereocenters. The number of aromatic nitrogens is 2. The van der Waals surface area contributed by atoms with Crippen LogP contribution in [-0.2, 0) is 0 Å². The smallest absolute Gasteiger partial charge is 0.379 e. The Hall–Kier alpha value is -2.63. The molecular formula is C13H10N2O4. The minimum absolute atomic E-state index is 0.0577. The van der Waals surface area contributed by atoms with Crippen LogP contribution in [0.4, 0.5) is 0 Å². The van der Waals surface area contributed by atoms with Gasteiger partial charge in [-0.25, -0.2) is 4.79 Å². The standard InChI is InChI=1S/C13H10N2O4/c1-7-14-15-12(18-7)10-8-5-3-4-6-9(8)19-13(16)11(10)17-2/h3-6H,1-2H3. The molecule has 0 bridgehead atoms. The van der Waals surface area contributed by atoms with Crippen LogP contribution in [0.1, 0.15) is 5.89 Å². The minimum Gasteiger partial charge on any atom is -0.489 e. The maximum atomic E-state index is 11.9. The Morgan fingerprint density at radius 3 is 2.63 bits per heavy atom.